The van der Waals surface area contributed by atoms with E-state index in [9.17, 15) is 8.78 Å². The Morgan fingerprint density at radius 3 is 2.73 bits per heavy atom. The Bertz CT molecular complexity index is 482. The fourth-order valence-corrected chi connectivity index (χ4v) is 1.13. The van der Waals surface area contributed by atoms with Gasteiger partial charge in [-0.3, -0.25) is 0 Å². The van der Waals surface area contributed by atoms with Crippen molar-refractivity contribution in [1.29, 1.82) is 0 Å². The Morgan fingerprint density at radius 1 is 1.27 bits per heavy atom. The molecular formula is C10H8F2N2O. The van der Waals surface area contributed by atoms with E-state index < -0.39 is 11.6 Å². The first-order valence-corrected chi connectivity index (χ1v) is 4.28. The van der Waals surface area contributed by atoms with Crippen molar-refractivity contribution in [3.63, 3.8) is 0 Å². The zero-order valence-electron chi connectivity index (χ0n) is 7.95. The van der Waals surface area contributed by atoms with Gasteiger partial charge < -0.3 is 4.74 Å². The number of halogens is 2. The molecular weight excluding hydrogens is 202 g/mol. The molecule has 0 atom stereocenters. The highest BCUT2D eigenvalue weighted by Gasteiger charge is 2.08. The smallest absolute Gasteiger partial charge is 0.217 e. The zero-order chi connectivity index (χ0) is 10.8. The maximum absolute atomic E-state index is 13.2. The van der Waals surface area contributed by atoms with Crippen molar-refractivity contribution in [1.82, 2.24) is 9.78 Å². The van der Waals surface area contributed by atoms with Gasteiger partial charge in [0.1, 0.15) is 5.82 Å². The lowest BCUT2D eigenvalue weighted by molar-refractivity contribution is 0.400. The standard InChI is InChI=1S/C10H8F2N2O/c1-14-10(4-5-13-14)15-9-6-7(11)2-3-8(9)12/h2-6H,1H3. The SMILES string of the molecule is Cn1nccc1Oc1cc(F)ccc1F. The molecule has 0 spiro atoms. The predicted octanol–water partition coefficient (Wildman–Crippen LogP) is 2.49. The second kappa shape index (κ2) is 3.68. The van der Waals surface area contributed by atoms with Crippen LogP contribution in [0.4, 0.5) is 8.78 Å². The monoisotopic (exact) mass is 210 g/mol. The molecule has 0 fully saturated rings. The number of nitrogens with zero attached hydrogens (tertiary/aromatic N) is 2. The predicted molar refractivity (Wildman–Crippen MR) is 49.6 cm³/mol. The average molecular weight is 210 g/mol. The van der Waals surface area contributed by atoms with Gasteiger partial charge in [0.25, 0.3) is 0 Å². The number of aryl methyl sites for hydroxylation is 1. The first-order valence-electron chi connectivity index (χ1n) is 4.28. The van der Waals surface area contributed by atoms with Crippen LogP contribution in [-0.2, 0) is 7.05 Å². The van der Waals surface area contributed by atoms with Crippen LogP contribution in [0.15, 0.2) is 30.5 Å². The molecule has 0 aliphatic heterocycles. The quantitative estimate of drug-likeness (QED) is 0.761. The van der Waals surface area contributed by atoms with Crippen molar-refractivity contribution in [2.24, 2.45) is 7.05 Å². The summed E-state index contributed by atoms with van der Waals surface area (Å²) < 4.78 is 32.5. The summed E-state index contributed by atoms with van der Waals surface area (Å²) in [5.41, 5.74) is 0. The van der Waals surface area contributed by atoms with Crippen molar-refractivity contribution in [2.75, 3.05) is 0 Å². The van der Waals surface area contributed by atoms with E-state index in [4.69, 9.17) is 4.74 Å². The molecule has 0 aliphatic carbocycles. The van der Waals surface area contributed by atoms with E-state index in [2.05, 4.69) is 5.10 Å². The summed E-state index contributed by atoms with van der Waals surface area (Å²) in [6.07, 6.45) is 1.51. The molecule has 1 aromatic heterocycles. The van der Waals surface area contributed by atoms with Gasteiger partial charge in [0, 0.05) is 19.2 Å². The molecule has 78 valence electrons. The highest BCUT2D eigenvalue weighted by Crippen LogP contribution is 2.24. The van der Waals surface area contributed by atoms with Crippen LogP contribution in [0.5, 0.6) is 11.6 Å². The Morgan fingerprint density at radius 2 is 2.07 bits per heavy atom. The highest BCUT2D eigenvalue weighted by molar-refractivity contribution is 5.28. The second-order valence-electron chi connectivity index (χ2n) is 2.97. The lowest BCUT2D eigenvalue weighted by Gasteiger charge is -2.06. The maximum atomic E-state index is 13.2. The van der Waals surface area contributed by atoms with Crippen LogP contribution in [0.1, 0.15) is 0 Å². The van der Waals surface area contributed by atoms with E-state index in [1.807, 2.05) is 0 Å². The Kier molecular flexibility index (Phi) is 2.37. The average Bonchev–Trinajstić information content (AvgIpc) is 2.58. The van der Waals surface area contributed by atoms with Crippen LogP contribution in [-0.4, -0.2) is 9.78 Å². The summed E-state index contributed by atoms with van der Waals surface area (Å²) in [5, 5.41) is 3.84. The van der Waals surface area contributed by atoms with Gasteiger partial charge in [-0.15, -0.1) is 0 Å². The minimum Gasteiger partial charge on any atom is -0.436 e. The molecule has 0 N–H and O–H groups in total. The first-order chi connectivity index (χ1) is 7.16. The maximum Gasteiger partial charge on any atom is 0.217 e. The lowest BCUT2D eigenvalue weighted by Crippen LogP contribution is -1.96. The van der Waals surface area contributed by atoms with Gasteiger partial charge in [0.05, 0.1) is 6.20 Å². The van der Waals surface area contributed by atoms with Crippen molar-refractivity contribution in [3.8, 4) is 11.6 Å². The van der Waals surface area contributed by atoms with Crippen LogP contribution in [0.2, 0.25) is 0 Å². The first kappa shape index (κ1) is 9.64. The minimum absolute atomic E-state index is 0.154. The van der Waals surface area contributed by atoms with Gasteiger partial charge in [0.2, 0.25) is 5.88 Å². The molecule has 15 heavy (non-hydrogen) atoms. The molecule has 5 heteroatoms. The van der Waals surface area contributed by atoms with E-state index in [1.54, 1.807) is 13.1 Å². The summed E-state index contributed by atoms with van der Waals surface area (Å²) in [5.74, 6) is -0.968. The number of hydrogen-bond donors (Lipinski definition) is 0. The molecule has 1 aromatic carbocycles. The molecule has 0 bridgehead atoms. The van der Waals surface area contributed by atoms with Gasteiger partial charge in [-0.25, -0.2) is 13.5 Å². The van der Waals surface area contributed by atoms with E-state index in [0.717, 1.165) is 18.2 Å². The largest absolute Gasteiger partial charge is 0.436 e. The Labute approximate surface area is 84.9 Å². The van der Waals surface area contributed by atoms with Crippen LogP contribution in [0.25, 0.3) is 0 Å². The summed E-state index contributed by atoms with van der Waals surface area (Å²) >= 11 is 0. The molecule has 2 rings (SSSR count). The number of ether oxygens (including phenoxy) is 1. The Hall–Kier alpha value is -1.91. The third kappa shape index (κ3) is 1.96. The van der Waals surface area contributed by atoms with E-state index in [1.165, 1.54) is 10.9 Å². The van der Waals surface area contributed by atoms with Crippen molar-refractivity contribution in [2.45, 2.75) is 0 Å². The van der Waals surface area contributed by atoms with E-state index in [-0.39, 0.29) is 5.75 Å². The normalized spacial score (nSPS) is 10.3. The van der Waals surface area contributed by atoms with Crippen molar-refractivity contribution in [3.05, 3.63) is 42.1 Å². The second-order valence-corrected chi connectivity index (χ2v) is 2.97. The Balaban J connectivity index is 2.32. The van der Waals surface area contributed by atoms with Gasteiger partial charge in [0.15, 0.2) is 11.6 Å². The summed E-state index contributed by atoms with van der Waals surface area (Å²) in [7, 11) is 1.65. The van der Waals surface area contributed by atoms with Gasteiger partial charge in [-0.1, -0.05) is 0 Å². The molecule has 0 saturated carbocycles. The minimum atomic E-state index is -0.613. The lowest BCUT2D eigenvalue weighted by atomic mass is 10.3. The van der Waals surface area contributed by atoms with Gasteiger partial charge in [-0.2, -0.15) is 5.10 Å². The fourth-order valence-electron chi connectivity index (χ4n) is 1.13. The molecule has 1 heterocycles. The topological polar surface area (TPSA) is 27.1 Å². The third-order valence-corrected chi connectivity index (χ3v) is 1.88. The van der Waals surface area contributed by atoms with Crippen molar-refractivity contribution >= 4 is 0 Å². The number of aromatic nitrogens is 2. The number of rotatable bonds is 2. The molecule has 2 aromatic rings. The van der Waals surface area contributed by atoms with Crippen LogP contribution in [0, 0.1) is 11.6 Å². The van der Waals surface area contributed by atoms with E-state index >= 15 is 0 Å². The number of benzene rings is 1. The summed E-state index contributed by atoms with van der Waals surface area (Å²) in [4.78, 5) is 0. The molecule has 0 aliphatic rings. The molecule has 0 amide bonds. The number of hydrogen-bond acceptors (Lipinski definition) is 2. The molecule has 3 nitrogen and oxygen atoms in total. The zero-order valence-corrected chi connectivity index (χ0v) is 7.95. The van der Waals surface area contributed by atoms with Crippen molar-refractivity contribution < 1.29 is 13.5 Å². The fraction of sp³-hybridized carbons (Fsp3) is 0.100. The van der Waals surface area contributed by atoms with Gasteiger partial charge >= 0.3 is 0 Å². The summed E-state index contributed by atoms with van der Waals surface area (Å²) in [6, 6.07) is 4.60. The molecule has 0 unspecified atom stereocenters. The van der Waals surface area contributed by atoms with E-state index in [0.29, 0.717) is 5.88 Å². The van der Waals surface area contributed by atoms with Gasteiger partial charge in [-0.05, 0) is 12.1 Å². The molecule has 0 radical (unpaired) electrons. The van der Waals surface area contributed by atoms with Crippen LogP contribution < -0.4 is 4.74 Å². The highest BCUT2D eigenvalue weighted by atomic mass is 19.1. The van der Waals surface area contributed by atoms with Crippen LogP contribution in [0.3, 0.4) is 0 Å². The molecule has 0 saturated heterocycles. The van der Waals surface area contributed by atoms with Crippen LogP contribution >= 0.6 is 0 Å². The third-order valence-electron chi connectivity index (χ3n) is 1.88. The summed E-state index contributed by atoms with van der Waals surface area (Å²) in [6.45, 7) is 0.